The third kappa shape index (κ3) is 7.01. The third-order valence-electron chi connectivity index (χ3n) is 8.94. The van der Waals surface area contributed by atoms with Crippen LogP contribution in [0.1, 0.15) is 80.5 Å². The van der Waals surface area contributed by atoms with Crippen LogP contribution < -0.4 is 16.2 Å². The van der Waals surface area contributed by atoms with Crippen LogP contribution >= 0.6 is 0 Å². The summed E-state index contributed by atoms with van der Waals surface area (Å²) in [6, 6.07) is 5.06. The van der Waals surface area contributed by atoms with Gasteiger partial charge in [0.25, 0.3) is 11.5 Å². The number of benzene rings is 1. The van der Waals surface area contributed by atoms with Gasteiger partial charge in [-0.25, -0.2) is 31.6 Å². The quantitative estimate of drug-likeness (QED) is 0.202. The number of halogens is 3. The van der Waals surface area contributed by atoms with Gasteiger partial charge in [-0.3, -0.25) is 9.36 Å². The van der Waals surface area contributed by atoms with Crippen molar-refractivity contribution in [2.24, 2.45) is 5.92 Å². The van der Waals surface area contributed by atoms with Crippen LogP contribution in [-0.2, 0) is 22.3 Å². The number of aryl methyl sites for hydroxylation is 1. The summed E-state index contributed by atoms with van der Waals surface area (Å²) in [5.41, 5.74) is 0.121. The predicted molar refractivity (Wildman–Crippen MR) is 166 cm³/mol. The van der Waals surface area contributed by atoms with E-state index < -0.39 is 39.6 Å². The Morgan fingerprint density at radius 2 is 1.91 bits per heavy atom. The molecule has 5 rings (SSSR count). The van der Waals surface area contributed by atoms with Gasteiger partial charge >= 0.3 is 0 Å². The average Bonchev–Trinajstić information content (AvgIpc) is 2.99. The Bertz CT molecular complexity index is 1660. The minimum atomic E-state index is -3.31. The zero-order valence-electron chi connectivity index (χ0n) is 25.0. The smallest absolute Gasteiger partial charge is 0.276 e. The molecule has 0 bridgehead atoms. The summed E-state index contributed by atoms with van der Waals surface area (Å²) in [6.07, 6.45) is 5.96. The molecule has 0 unspecified atom stereocenters. The first-order valence-electron chi connectivity index (χ1n) is 15.3. The van der Waals surface area contributed by atoms with Gasteiger partial charge in [0, 0.05) is 24.1 Å². The second-order valence-corrected chi connectivity index (χ2v) is 14.4. The summed E-state index contributed by atoms with van der Waals surface area (Å²) in [7, 11) is -3.14. The summed E-state index contributed by atoms with van der Waals surface area (Å²) < 4.78 is 72.3. The maximum absolute atomic E-state index is 15.8. The number of alkyl halides is 2. The molecule has 2 fully saturated rings. The first kappa shape index (κ1) is 32.2. The minimum Gasteiger partial charge on any atom is -0.363 e. The fourth-order valence-corrected chi connectivity index (χ4v) is 7.91. The molecule has 2 aromatic heterocycles. The van der Waals surface area contributed by atoms with E-state index in [0.717, 1.165) is 6.07 Å². The Kier molecular flexibility index (Phi) is 9.79. The second kappa shape index (κ2) is 13.4. The molecule has 2 N–H and O–H groups in total. The number of nitrogens with zero attached hydrogens (tertiary/aromatic N) is 3. The molecule has 3 aromatic rings. The van der Waals surface area contributed by atoms with Gasteiger partial charge in [0.15, 0.2) is 0 Å². The van der Waals surface area contributed by atoms with Crippen LogP contribution in [0, 0.1) is 11.7 Å². The van der Waals surface area contributed by atoms with E-state index in [-0.39, 0.29) is 34.5 Å². The van der Waals surface area contributed by atoms with Crippen molar-refractivity contribution in [2.75, 3.05) is 29.9 Å². The second-order valence-electron chi connectivity index (χ2n) is 12.0. The van der Waals surface area contributed by atoms with Gasteiger partial charge in [-0.05, 0) is 76.4 Å². The molecule has 8 nitrogen and oxygen atoms in total. The Labute approximate surface area is 256 Å². The van der Waals surface area contributed by atoms with Gasteiger partial charge in [0.2, 0.25) is 0 Å². The number of pyridine rings is 1. The molecule has 2 aliphatic heterocycles. The molecule has 1 aromatic carbocycles. The number of rotatable bonds is 11. The lowest BCUT2D eigenvalue weighted by Gasteiger charge is -2.28. The van der Waals surface area contributed by atoms with Crippen molar-refractivity contribution in [3.8, 4) is 0 Å². The summed E-state index contributed by atoms with van der Waals surface area (Å²) in [6.45, 7) is 7.16. The van der Waals surface area contributed by atoms with Crippen molar-refractivity contribution >= 4 is 26.7 Å². The maximum atomic E-state index is 15.8. The molecule has 4 heterocycles. The number of anilines is 1. The molecule has 238 valence electrons. The van der Waals surface area contributed by atoms with Crippen LogP contribution in [0.25, 0.3) is 11.0 Å². The molecule has 0 aliphatic carbocycles. The maximum Gasteiger partial charge on any atom is 0.276 e. The van der Waals surface area contributed by atoms with Crippen LogP contribution in [0.2, 0.25) is 0 Å². The van der Waals surface area contributed by atoms with Crippen molar-refractivity contribution in [3.05, 3.63) is 76.1 Å². The topological polar surface area (TPSA) is 106 Å². The van der Waals surface area contributed by atoms with E-state index in [1.807, 2.05) is 0 Å². The lowest BCUT2D eigenvalue weighted by Crippen LogP contribution is -2.31. The van der Waals surface area contributed by atoms with Crippen LogP contribution in [0.4, 0.5) is 19.0 Å². The highest BCUT2D eigenvalue weighted by atomic mass is 32.2. The molecular formula is C32H40F3N5O3S. The number of aromatic nitrogens is 3. The Hall–Kier alpha value is -3.25. The largest absolute Gasteiger partial charge is 0.363 e. The van der Waals surface area contributed by atoms with Crippen molar-refractivity contribution < 1.29 is 21.6 Å². The Morgan fingerprint density at radius 3 is 2.61 bits per heavy atom. The Morgan fingerprint density at radius 1 is 1.18 bits per heavy atom. The molecule has 44 heavy (non-hydrogen) atoms. The van der Waals surface area contributed by atoms with Gasteiger partial charge in [0.1, 0.15) is 33.4 Å². The zero-order chi connectivity index (χ0) is 31.5. The number of sulfone groups is 1. The lowest BCUT2D eigenvalue weighted by atomic mass is 9.88. The molecule has 0 amide bonds. The normalized spacial score (nSPS) is 18.7. The standard InChI is InChI=1S/C32H40F3N5O3S/c1-3-4-5-15-40-30-26(18-25(31(40)41)23-11-16-44(42,43)17-12-23)29(37-20-38-30)39-21(2)24-7-6-8-27(28(24)33)32(34,35)19-22-9-13-36-14-10-22/h3,6-8,18,20-23,36H,1,4-5,9-17,19H2,2H3,(H,37,38,39)/t21-/m1/s1. The van der Waals surface area contributed by atoms with Crippen LogP contribution in [0.15, 0.2) is 48.0 Å². The SMILES string of the molecule is C=CCCCn1c(=O)c(C2CCS(=O)(=O)CC2)cc2c(N[C@H](C)c3cccc(C(F)(F)CC4CCNCC4)c3F)ncnc21. The fraction of sp³-hybridized carbons (Fsp3) is 0.531. The van der Waals surface area contributed by atoms with E-state index >= 15 is 13.2 Å². The number of hydrogen-bond donors (Lipinski definition) is 2. The van der Waals surface area contributed by atoms with Crippen molar-refractivity contribution in [3.63, 3.8) is 0 Å². The van der Waals surface area contributed by atoms with Gasteiger partial charge in [0.05, 0.1) is 28.5 Å². The molecule has 0 saturated carbocycles. The van der Waals surface area contributed by atoms with E-state index in [1.165, 1.54) is 18.5 Å². The highest BCUT2D eigenvalue weighted by Gasteiger charge is 2.38. The van der Waals surface area contributed by atoms with E-state index in [4.69, 9.17) is 0 Å². The van der Waals surface area contributed by atoms with Gasteiger partial charge in [-0.2, -0.15) is 0 Å². The molecule has 0 spiro atoms. The van der Waals surface area contributed by atoms with Gasteiger partial charge in [-0.15, -0.1) is 6.58 Å². The van der Waals surface area contributed by atoms with Gasteiger partial charge < -0.3 is 10.6 Å². The summed E-state index contributed by atoms with van der Waals surface area (Å²) >= 11 is 0. The summed E-state index contributed by atoms with van der Waals surface area (Å²) in [4.78, 5) is 22.5. The van der Waals surface area contributed by atoms with Crippen molar-refractivity contribution in [1.82, 2.24) is 19.9 Å². The van der Waals surface area contributed by atoms with Crippen LogP contribution in [-0.4, -0.2) is 47.5 Å². The highest BCUT2D eigenvalue weighted by Crippen LogP contribution is 2.40. The van der Waals surface area contributed by atoms with Gasteiger partial charge in [-0.1, -0.05) is 24.3 Å². The van der Waals surface area contributed by atoms with Crippen LogP contribution in [0.5, 0.6) is 0 Å². The van der Waals surface area contributed by atoms with E-state index in [1.54, 1.807) is 23.6 Å². The molecule has 0 radical (unpaired) electrons. The molecular weight excluding hydrogens is 591 g/mol. The fourth-order valence-electron chi connectivity index (χ4n) is 6.42. The lowest BCUT2D eigenvalue weighted by molar-refractivity contribution is -0.0358. The molecule has 1 atom stereocenters. The number of unbranched alkanes of at least 4 members (excludes halogenated alkanes) is 1. The number of fused-ring (bicyclic) bond motifs is 1. The van der Waals surface area contributed by atoms with E-state index in [9.17, 15) is 13.2 Å². The number of allylic oxidation sites excluding steroid dienone is 1. The van der Waals surface area contributed by atoms with Crippen LogP contribution in [0.3, 0.4) is 0 Å². The van der Waals surface area contributed by atoms with E-state index in [2.05, 4.69) is 27.2 Å². The first-order valence-corrected chi connectivity index (χ1v) is 17.2. The number of hydrogen-bond acceptors (Lipinski definition) is 7. The monoisotopic (exact) mass is 631 g/mol. The summed E-state index contributed by atoms with van der Waals surface area (Å²) in [5.74, 6) is -4.34. The molecule has 2 saturated heterocycles. The first-order chi connectivity index (χ1) is 21.0. The van der Waals surface area contributed by atoms with Crippen molar-refractivity contribution in [1.29, 1.82) is 0 Å². The van der Waals surface area contributed by atoms with E-state index in [0.29, 0.717) is 80.6 Å². The molecule has 2 aliphatic rings. The minimum absolute atomic E-state index is 0.0108. The number of nitrogens with one attached hydrogen (secondary N) is 2. The van der Waals surface area contributed by atoms with Crippen molar-refractivity contribution in [2.45, 2.75) is 76.3 Å². The zero-order valence-corrected chi connectivity index (χ0v) is 25.8. The number of piperidine rings is 1. The predicted octanol–water partition coefficient (Wildman–Crippen LogP) is 5.84. The Balaban J connectivity index is 1.49. The average molecular weight is 632 g/mol. The molecule has 12 heteroatoms. The highest BCUT2D eigenvalue weighted by molar-refractivity contribution is 7.91. The third-order valence-corrected chi connectivity index (χ3v) is 10.7. The summed E-state index contributed by atoms with van der Waals surface area (Å²) in [5, 5.41) is 6.88.